The van der Waals surface area contributed by atoms with Crippen molar-refractivity contribution in [2.75, 3.05) is 11.9 Å². The molecule has 0 bridgehead atoms. The van der Waals surface area contributed by atoms with E-state index in [1.807, 2.05) is 0 Å². The maximum atomic E-state index is 14.0. The summed E-state index contributed by atoms with van der Waals surface area (Å²) in [6, 6.07) is 3.13. The summed E-state index contributed by atoms with van der Waals surface area (Å²) < 4.78 is 55.8. The monoisotopic (exact) mass is 524 g/mol. The van der Waals surface area contributed by atoms with Gasteiger partial charge in [-0.15, -0.1) is 0 Å². The van der Waals surface area contributed by atoms with Gasteiger partial charge in [-0.3, -0.25) is 14.5 Å². The van der Waals surface area contributed by atoms with Crippen LogP contribution < -0.4 is 10.6 Å². The molecule has 0 aliphatic heterocycles. The van der Waals surface area contributed by atoms with Crippen molar-refractivity contribution in [2.45, 2.75) is 38.7 Å². The molecule has 0 unspecified atom stereocenters. The van der Waals surface area contributed by atoms with E-state index in [9.17, 15) is 22.4 Å². The van der Waals surface area contributed by atoms with Crippen LogP contribution >= 0.6 is 11.6 Å². The van der Waals surface area contributed by atoms with Crippen LogP contribution in [0.25, 0.3) is 17.0 Å². The van der Waals surface area contributed by atoms with Crippen LogP contribution in [-0.4, -0.2) is 60.1 Å². The Kier molecular flexibility index (Phi) is 7.11. The topological polar surface area (TPSA) is 102 Å². The van der Waals surface area contributed by atoms with Gasteiger partial charge >= 0.3 is 0 Å². The number of hydrogen-bond donors (Lipinski definition) is 2. The number of pyridine rings is 1. The van der Waals surface area contributed by atoms with Crippen molar-refractivity contribution in [1.82, 2.24) is 34.7 Å². The summed E-state index contributed by atoms with van der Waals surface area (Å²) in [6.45, 7) is 0.972. The third-order valence-electron chi connectivity index (χ3n) is 5.16. The Morgan fingerprint density at radius 1 is 1.11 bits per heavy atom. The number of nitrogens with zero attached hydrogens (tertiary/aromatic N) is 6. The summed E-state index contributed by atoms with van der Waals surface area (Å²) in [5.74, 6) is -0.716. The van der Waals surface area contributed by atoms with Crippen molar-refractivity contribution in [3.63, 3.8) is 0 Å². The zero-order valence-electron chi connectivity index (χ0n) is 19.1. The van der Waals surface area contributed by atoms with E-state index in [0.717, 1.165) is 18.5 Å². The van der Waals surface area contributed by atoms with Gasteiger partial charge in [0.15, 0.2) is 11.8 Å². The molecule has 190 valence electrons. The van der Waals surface area contributed by atoms with Gasteiger partial charge in [-0.05, 0) is 19.9 Å². The predicted molar refractivity (Wildman–Crippen MR) is 125 cm³/mol. The van der Waals surface area contributed by atoms with Gasteiger partial charge in [0.1, 0.15) is 17.9 Å². The summed E-state index contributed by atoms with van der Waals surface area (Å²) in [7, 11) is 0. The molecule has 4 rings (SSSR count). The van der Waals surface area contributed by atoms with Crippen LogP contribution in [0.4, 0.5) is 28.9 Å². The molecule has 1 atom stereocenters. The van der Waals surface area contributed by atoms with Crippen LogP contribution in [0.5, 0.6) is 0 Å². The number of imidazole rings is 1. The molecule has 14 heteroatoms. The normalized spacial score (nSPS) is 12.8. The zero-order chi connectivity index (χ0) is 26.0. The first-order chi connectivity index (χ1) is 17.0. The maximum absolute atomic E-state index is 14.0. The molecule has 36 heavy (non-hydrogen) atoms. The van der Waals surface area contributed by atoms with Gasteiger partial charge in [0.05, 0.1) is 52.8 Å². The number of amides is 1. The lowest BCUT2D eigenvalue weighted by atomic mass is 10.1. The number of aromatic nitrogens is 6. The van der Waals surface area contributed by atoms with E-state index in [0.29, 0.717) is 27.7 Å². The first kappa shape index (κ1) is 25.4. The molecular weight excluding hydrogens is 504 g/mol. The summed E-state index contributed by atoms with van der Waals surface area (Å²) in [6.07, 6.45) is 2.31. The Labute approximate surface area is 207 Å². The lowest BCUT2D eigenvalue weighted by Crippen LogP contribution is -2.39. The maximum Gasteiger partial charge on any atom is 0.257 e. The van der Waals surface area contributed by atoms with Gasteiger partial charge < -0.3 is 10.6 Å². The number of fused-ring (bicyclic) bond motifs is 1. The molecular formula is C22H21ClF4N8O. The van der Waals surface area contributed by atoms with Crippen LogP contribution in [0.15, 0.2) is 43.1 Å². The van der Waals surface area contributed by atoms with Crippen molar-refractivity contribution >= 4 is 34.5 Å². The Morgan fingerprint density at radius 3 is 2.61 bits per heavy atom. The van der Waals surface area contributed by atoms with E-state index in [1.165, 1.54) is 41.6 Å². The number of halogens is 5. The predicted octanol–water partition coefficient (Wildman–Crippen LogP) is 4.47. The van der Waals surface area contributed by atoms with E-state index >= 15 is 0 Å². The number of rotatable bonds is 9. The quantitative estimate of drug-likeness (QED) is 0.313. The minimum Gasteiger partial charge on any atom is -0.352 e. The molecule has 0 aliphatic rings. The molecule has 1 amide bonds. The Balaban J connectivity index is 1.68. The third kappa shape index (κ3) is 5.73. The highest BCUT2D eigenvalue weighted by molar-refractivity contribution is 6.30. The Hall–Kier alpha value is -3.74. The van der Waals surface area contributed by atoms with E-state index < -0.39 is 37.3 Å². The lowest BCUT2D eigenvalue weighted by molar-refractivity contribution is 0.0759. The summed E-state index contributed by atoms with van der Waals surface area (Å²) in [5, 5.41) is 13.8. The average Bonchev–Trinajstić information content (AvgIpc) is 3.42. The highest BCUT2D eigenvalue weighted by atomic mass is 35.5. The van der Waals surface area contributed by atoms with Gasteiger partial charge in [0.25, 0.3) is 12.3 Å². The number of carbonyl (C=O) groups excluding carboxylic acids is 1. The summed E-state index contributed by atoms with van der Waals surface area (Å²) >= 11 is 5.97. The number of nitrogens with one attached hydrogen (secondary N) is 2. The molecule has 0 aromatic carbocycles. The van der Waals surface area contributed by atoms with Gasteiger partial charge in [-0.25, -0.2) is 27.1 Å². The van der Waals surface area contributed by atoms with Gasteiger partial charge in [-0.1, -0.05) is 11.6 Å². The molecule has 0 spiro atoms. The number of hydrogen-bond acceptors (Lipinski definition) is 6. The molecule has 2 N–H and O–H groups in total. The standard InChI is InChI=1S/C22H21ClF4N8O/c1-22(2,27)18(24)9-30-21(36)14-7-28-16(17-8-29-20-3-12(23)5-32-35(17)20)4-15(14)33-13-6-31-34(10-13)11-19(25)26/h3-8,10,18-19H,9,11H2,1-2H3,(H,28,33)(H,30,36)/t18-/m1/s1. The molecule has 0 saturated heterocycles. The number of alkyl halides is 4. The average molecular weight is 525 g/mol. The molecule has 0 fully saturated rings. The van der Waals surface area contributed by atoms with E-state index in [1.54, 1.807) is 6.07 Å². The van der Waals surface area contributed by atoms with Crippen LogP contribution in [0.3, 0.4) is 0 Å². The van der Waals surface area contributed by atoms with Crippen LogP contribution in [0.1, 0.15) is 24.2 Å². The second-order valence-electron chi connectivity index (χ2n) is 8.41. The molecule has 0 saturated carbocycles. The highest BCUT2D eigenvalue weighted by Crippen LogP contribution is 2.27. The highest BCUT2D eigenvalue weighted by Gasteiger charge is 2.29. The van der Waals surface area contributed by atoms with Gasteiger partial charge in [-0.2, -0.15) is 10.2 Å². The van der Waals surface area contributed by atoms with Crippen molar-refractivity contribution in [3.05, 3.63) is 53.7 Å². The minimum absolute atomic E-state index is 0.00838. The van der Waals surface area contributed by atoms with Crippen molar-refractivity contribution < 1.29 is 22.4 Å². The molecule has 4 heterocycles. The molecule has 4 aromatic heterocycles. The van der Waals surface area contributed by atoms with Gasteiger partial charge in [0.2, 0.25) is 0 Å². The smallest absolute Gasteiger partial charge is 0.257 e. The first-order valence-corrected chi connectivity index (χ1v) is 11.1. The largest absolute Gasteiger partial charge is 0.352 e. The van der Waals surface area contributed by atoms with Crippen molar-refractivity contribution in [2.24, 2.45) is 0 Å². The number of carbonyl (C=O) groups is 1. The van der Waals surface area contributed by atoms with Crippen LogP contribution in [-0.2, 0) is 6.54 Å². The summed E-state index contributed by atoms with van der Waals surface area (Å²) in [5.41, 5.74) is -0.293. The third-order valence-corrected chi connectivity index (χ3v) is 5.37. The second kappa shape index (κ2) is 10.1. The zero-order valence-corrected chi connectivity index (χ0v) is 19.8. The Morgan fingerprint density at radius 2 is 1.89 bits per heavy atom. The van der Waals surface area contributed by atoms with Crippen molar-refractivity contribution in [1.29, 1.82) is 0 Å². The first-order valence-electron chi connectivity index (χ1n) is 10.7. The summed E-state index contributed by atoms with van der Waals surface area (Å²) in [4.78, 5) is 21.4. The SMILES string of the molecule is CC(C)(F)[C@H](F)CNC(=O)c1cnc(-c2cnc3cc(Cl)cnn23)cc1Nc1cnn(CC(F)F)c1. The molecule has 9 nitrogen and oxygen atoms in total. The van der Waals surface area contributed by atoms with Crippen molar-refractivity contribution in [3.8, 4) is 11.4 Å². The van der Waals surface area contributed by atoms with E-state index in [4.69, 9.17) is 11.6 Å². The fourth-order valence-corrected chi connectivity index (χ4v) is 3.39. The lowest BCUT2D eigenvalue weighted by Gasteiger charge is -2.20. The molecule has 4 aromatic rings. The fourth-order valence-electron chi connectivity index (χ4n) is 3.25. The van der Waals surface area contributed by atoms with Crippen LogP contribution in [0.2, 0.25) is 5.02 Å². The number of anilines is 2. The minimum atomic E-state index is -2.60. The van der Waals surface area contributed by atoms with E-state index in [2.05, 4.69) is 30.8 Å². The molecule has 0 aliphatic carbocycles. The molecule has 0 radical (unpaired) electrons. The Bertz CT molecular complexity index is 1380. The van der Waals surface area contributed by atoms with Gasteiger partial charge in [0, 0.05) is 18.5 Å². The second-order valence-corrected chi connectivity index (χ2v) is 8.85. The van der Waals surface area contributed by atoms with Crippen LogP contribution in [0, 0.1) is 0 Å². The fraction of sp³-hybridized carbons (Fsp3) is 0.318. The van der Waals surface area contributed by atoms with E-state index in [-0.39, 0.29) is 11.3 Å².